The molecule has 3 N–H and O–H groups in total. The van der Waals surface area contributed by atoms with E-state index in [0.717, 1.165) is 13.1 Å². The molecule has 0 aromatic heterocycles. The number of nitrogens with one attached hydrogen (secondary N) is 1. The van der Waals surface area contributed by atoms with E-state index in [4.69, 9.17) is 5.84 Å². The Balaban J connectivity index is 4.11. The third-order valence-electron chi connectivity index (χ3n) is 1.99. The summed E-state index contributed by atoms with van der Waals surface area (Å²) in [7, 11) is 0. The van der Waals surface area contributed by atoms with Crippen molar-refractivity contribution in [2.24, 2.45) is 5.84 Å². The van der Waals surface area contributed by atoms with Gasteiger partial charge in [0.05, 0.1) is 0 Å². The van der Waals surface area contributed by atoms with Gasteiger partial charge in [0, 0.05) is 25.6 Å². The lowest BCUT2D eigenvalue weighted by Crippen LogP contribution is -2.39. The second-order valence-electron chi connectivity index (χ2n) is 3.15. The molecule has 0 radical (unpaired) electrons. The van der Waals surface area contributed by atoms with Crippen LogP contribution in [0, 0.1) is 0 Å². The van der Waals surface area contributed by atoms with Gasteiger partial charge in [0.15, 0.2) is 0 Å². The van der Waals surface area contributed by atoms with Gasteiger partial charge in [0.2, 0.25) is 5.91 Å². The summed E-state index contributed by atoms with van der Waals surface area (Å²) in [4.78, 5) is 13.1. The number of hydrogen-bond donors (Lipinski definition) is 2. The predicted octanol–water partition coefficient (Wildman–Crippen LogP) is 0.429. The second-order valence-corrected chi connectivity index (χ2v) is 3.15. The first-order valence-corrected chi connectivity index (χ1v) is 4.61. The number of carbonyl (C=O) groups excluding carboxylic acids is 1. The minimum Gasteiger partial charge on any atom is -0.294 e. The molecular formula is C10H19N3O. The first-order chi connectivity index (χ1) is 6.65. The van der Waals surface area contributed by atoms with Crippen LogP contribution < -0.4 is 11.3 Å². The van der Waals surface area contributed by atoms with Crippen LogP contribution in [0.5, 0.6) is 0 Å². The van der Waals surface area contributed by atoms with E-state index in [0.29, 0.717) is 6.42 Å². The normalized spacial score (nSPS) is 12.2. The third kappa shape index (κ3) is 4.79. The van der Waals surface area contributed by atoms with Crippen LogP contribution in [0.25, 0.3) is 0 Å². The maximum atomic E-state index is 11.0. The minimum atomic E-state index is -0.157. The van der Waals surface area contributed by atoms with Crippen molar-refractivity contribution in [3.8, 4) is 0 Å². The Morgan fingerprint density at radius 3 is 2.36 bits per heavy atom. The van der Waals surface area contributed by atoms with Gasteiger partial charge in [-0.25, -0.2) is 5.84 Å². The van der Waals surface area contributed by atoms with Crippen molar-refractivity contribution < 1.29 is 4.79 Å². The fourth-order valence-electron chi connectivity index (χ4n) is 1.22. The fraction of sp³-hybridized carbons (Fsp3) is 0.500. The molecule has 0 aromatic carbocycles. The lowest BCUT2D eigenvalue weighted by atomic mass is 10.2. The monoisotopic (exact) mass is 197 g/mol. The van der Waals surface area contributed by atoms with Gasteiger partial charge in [-0.1, -0.05) is 12.2 Å². The highest BCUT2D eigenvalue weighted by atomic mass is 16.2. The van der Waals surface area contributed by atoms with Crippen LogP contribution in [0.2, 0.25) is 0 Å². The maximum absolute atomic E-state index is 11.0. The molecule has 0 aliphatic carbocycles. The topological polar surface area (TPSA) is 58.4 Å². The Labute approximate surface area is 85.4 Å². The van der Waals surface area contributed by atoms with E-state index >= 15 is 0 Å². The van der Waals surface area contributed by atoms with Crippen LogP contribution in [0.3, 0.4) is 0 Å². The molecule has 14 heavy (non-hydrogen) atoms. The van der Waals surface area contributed by atoms with Crippen LogP contribution in [-0.4, -0.2) is 29.9 Å². The number of hydrazine groups is 1. The molecule has 1 atom stereocenters. The molecule has 0 aliphatic rings. The highest BCUT2D eigenvalue weighted by Crippen LogP contribution is 2.03. The van der Waals surface area contributed by atoms with Gasteiger partial charge in [-0.15, -0.1) is 13.2 Å². The van der Waals surface area contributed by atoms with Crippen LogP contribution in [-0.2, 0) is 4.79 Å². The van der Waals surface area contributed by atoms with E-state index < -0.39 is 0 Å². The molecule has 0 spiro atoms. The van der Waals surface area contributed by atoms with E-state index in [1.165, 1.54) is 0 Å². The molecule has 0 saturated carbocycles. The summed E-state index contributed by atoms with van der Waals surface area (Å²) < 4.78 is 0. The minimum absolute atomic E-state index is 0.134. The molecule has 1 unspecified atom stereocenters. The smallest absolute Gasteiger partial charge is 0.235 e. The number of carbonyl (C=O) groups is 1. The Kier molecular flexibility index (Phi) is 6.70. The number of rotatable bonds is 7. The Bertz CT molecular complexity index is 194. The molecule has 0 rings (SSSR count). The average Bonchev–Trinajstić information content (AvgIpc) is 2.17. The molecule has 0 aliphatic heterocycles. The van der Waals surface area contributed by atoms with Gasteiger partial charge in [-0.3, -0.25) is 15.1 Å². The van der Waals surface area contributed by atoms with E-state index in [-0.39, 0.29) is 11.9 Å². The fourth-order valence-corrected chi connectivity index (χ4v) is 1.22. The maximum Gasteiger partial charge on any atom is 0.235 e. The van der Waals surface area contributed by atoms with Crippen molar-refractivity contribution in [1.82, 2.24) is 10.3 Å². The standard InChI is InChI=1S/C10H19N3O/c1-4-6-13(7-5-2)9(3)8-10(14)12-11/h4-5,9H,1-2,6-8,11H2,3H3,(H,12,14). The molecular weight excluding hydrogens is 178 g/mol. The van der Waals surface area contributed by atoms with Gasteiger partial charge in [0.1, 0.15) is 0 Å². The first-order valence-electron chi connectivity index (χ1n) is 4.61. The Morgan fingerprint density at radius 2 is 2.00 bits per heavy atom. The summed E-state index contributed by atoms with van der Waals surface area (Å²) in [6.45, 7) is 10.8. The van der Waals surface area contributed by atoms with Gasteiger partial charge >= 0.3 is 0 Å². The molecule has 80 valence electrons. The third-order valence-corrected chi connectivity index (χ3v) is 1.99. The summed E-state index contributed by atoms with van der Waals surface area (Å²) >= 11 is 0. The molecule has 0 heterocycles. The van der Waals surface area contributed by atoms with E-state index in [2.05, 4.69) is 23.5 Å². The van der Waals surface area contributed by atoms with Crippen molar-refractivity contribution in [2.75, 3.05) is 13.1 Å². The number of nitrogens with two attached hydrogens (primary N) is 1. The van der Waals surface area contributed by atoms with Crippen LogP contribution in [0.15, 0.2) is 25.3 Å². The lowest BCUT2D eigenvalue weighted by Gasteiger charge is -2.25. The molecule has 0 aromatic rings. The van der Waals surface area contributed by atoms with Crippen LogP contribution >= 0.6 is 0 Å². The predicted molar refractivity (Wildman–Crippen MR) is 58.4 cm³/mol. The van der Waals surface area contributed by atoms with Crippen LogP contribution in [0.4, 0.5) is 0 Å². The zero-order valence-corrected chi connectivity index (χ0v) is 8.70. The van der Waals surface area contributed by atoms with Gasteiger partial charge in [-0.2, -0.15) is 0 Å². The Morgan fingerprint density at radius 1 is 1.50 bits per heavy atom. The van der Waals surface area contributed by atoms with Crippen molar-refractivity contribution in [3.05, 3.63) is 25.3 Å². The van der Waals surface area contributed by atoms with E-state index in [1.54, 1.807) is 12.2 Å². The van der Waals surface area contributed by atoms with E-state index in [9.17, 15) is 4.79 Å². The van der Waals surface area contributed by atoms with Crippen LogP contribution in [0.1, 0.15) is 13.3 Å². The molecule has 0 bridgehead atoms. The summed E-state index contributed by atoms with van der Waals surface area (Å²) in [5.74, 6) is 4.85. The largest absolute Gasteiger partial charge is 0.294 e. The first kappa shape index (κ1) is 12.9. The molecule has 4 nitrogen and oxygen atoms in total. The number of amides is 1. The molecule has 4 heteroatoms. The van der Waals surface area contributed by atoms with Crippen molar-refractivity contribution in [3.63, 3.8) is 0 Å². The summed E-state index contributed by atoms with van der Waals surface area (Å²) in [6.07, 6.45) is 4.00. The van der Waals surface area contributed by atoms with Gasteiger partial charge in [-0.05, 0) is 6.92 Å². The number of nitrogens with zero attached hydrogens (tertiary/aromatic N) is 1. The summed E-state index contributed by atoms with van der Waals surface area (Å²) in [6, 6.07) is 0.134. The zero-order valence-electron chi connectivity index (χ0n) is 8.70. The zero-order chi connectivity index (χ0) is 11.0. The molecule has 0 fully saturated rings. The summed E-state index contributed by atoms with van der Waals surface area (Å²) in [5, 5.41) is 0. The average molecular weight is 197 g/mol. The number of hydrogen-bond acceptors (Lipinski definition) is 3. The highest BCUT2D eigenvalue weighted by molar-refractivity contribution is 5.75. The Hall–Kier alpha value is -1.13. The van der Waals surface area contributed by atoms with Crippen molar-refractivity contribution >= 4 is 5.91 Å². The molecule has 1 amide bonds. The quantitative estimate of drug-likeness (QED) is 0.269. The SMILES string of the molecule is C=CCN(CC=C)C(C)CC(=O)NN. The van der Waals surface area contributed by atoms with E-state index in [1.807, 2.05) is 6.92 Å². The van der Waals surface area contributed by atoms with Gasteiger partial charge < -0.3 is 0 Å². The van der Waals surface area contributed by atoms with Crippen molar-refractivity contribution in [2.45, 2.75) is 19.4 Å². The molecule has 0 saturated heterocycles. The van der Waals surface area contributed by atoms with Gasteiger partial charge in [0.25, 0.3) is 0 Å². The summed E-state index contributed by atoms with van der Waals surface area (Å²) in [5.41, 5.74) is 2.12. The lowest BCUT2D eigenvalue weighted by molar-refractivity contribution is -0.122. The highest BCUT2D eigenvalue weighted by Gasteiger charge is 2.14. The second kappa shape index (κ2) is 7.29. The van der Waals surface area contributed by atoms with Crippen molar-refractivity contribution in [1.29, 1.82) is 0 Å².